The number of para-hydroxylation sites is 2. The fourth-order valence-electron chi connectivity index (χ4n) is 8.84. The molecular formula is C52H32N4S. The molecule has 0 aliphatic heterocycles. The van der Waals surface area contributed by atoms with Gasteiger partial charge in [0.25, 0.3) is 0 Å². The molecule has 0 atom stereocenters. The fraction of sp³-hybridized carbons (Fsp3) is 0. The number of aromatic nitrogens is 4. The Labute approximate surface area is 332 Å². The summed E-state index contributed by atoms with van der Waals surface area (Å²) in [4.78, 5) is 13.0. The molecule has 0 saturated heterocycles. The molecule has 0 radical (unpaired) electrons. The highest BCUT2D eigenvalue weighted by Gasteiger charge is 2.22. The summed E-state index contributed by atoms with van der Waals surface area (Å²) in [5.74, 6) is 0.667. The number of thiophene rings is 1. The van der Waals surface area contributed by atoms with E-state index in [1.165, 1.54) is 59.5 Å². The number of benzene rings is 8. The lowest BCUT2D eigenvalue weighted by atomic mass is 9.97. The van der Waals surface area contributed by atoms with Crippen LogP contribution in [0.5, 0.6) is 0 Å². The Hall–Kier alpha value is -7.34. The second-order valence-electron chi connectivity index (χ2n) is 14.6. The van der Waals surface area contributed by atoms with E-state index in [0.717, 1.165) is 43.6 Å². The predicted molar refractivity (Wildman–Crippen MR) is 240 cm³/mol. The molecule has 266 valence electrons. The zero-order valence-corrected chi connectivity index (χ0v) is 31.5. The predicted octanol–water partition coefficient (Wildman–Crippen LogP) is 14.0. The van der Waals surface area contributed by atoms with Crippen LogP contribution in [0.1, 0.15) is 0 Å². The first kappa shape index (κ1) is 32.0. The molecule has 0 aliphatic carbocycles. The number of fused-ring (bicyclic) bond motifs is 9. The molecule has 5 heteroatoms. The zero-order valence-electron chi connectivity index (χ0n) is 30.7. The molecule has 0 spiro atoms. The highest BCUT2D eigenvalue weighted by Crippen LogP contribution is 2.43. The minimum absolute atomic E-state index is 0.667. The van der Waals surface area contributed by atoms with Gasteiger partial charge in [0.2, 0.25) is 5.95 Å². The minimum atomic E-state index is 0.667. The molecule has 4 nitrogen and oxygen atoms in total. The summed E-state index contributed by atoms with van der Waals surface area (Å²) in [6.45, 7) is 0. The van der Waals surface area contributed by atoms with Crippen molar-refractivity contribution in [3.63, 3.8) is 0 Å². The van der Waals surface area contributed by atoms with Crippen LogP contribution in [0.3, 0.4) is 0 Å². The number of hydrogen-bond donors (Lipinski definition) is 0. The van der Waals surface area contributed by atoms with Gasteiger partial charge in [-0.2, -0.15) is 0 Å². The van der Waals surface area contributed by atoms with E-state index in [2.05, 4.69) is 203 Å². The van der Waals surface area contributed by atoms with Crippen LogP contribution in [0, 0.1) is 0 Å². The topological polar surface area (TPSA) is 35.6 Å². The Kier molecular flexibility index (Phi) is 7.06. The highest BCUT2D eigenvalue weighted by atomic mass is 32.1. The molecule has 12 aromatic rings. The first-order valence-electron chi connectivity index (χ1n) is 19.3. The van der Waals surface area contributed by atoms with Gasteiger partial charge in [-0.3, -0.25) is 4.57 Å². The third-order valence-corrected chi connectivity index (χ3v) is 12.4. The van der Waals surface area contributed by atoms with Crippen molar-refractivity contribution < 1.29 is 0 Å². The highest BCUT2D eigenvalue weighted by molar-refractivity contribution is 7.21. The fourth-order valence-corrected chi connectivity index (χ4v) is 9.87. The van der Waals surface area contributed by atoms with E-state index in [-0.39, 0.29) is 0 Å². The van der Waals surface area contributed by atoms with E-state index >= 15 is 0 Å². The van der Waals surface area contributed by atoms with E-state index in [0.29, 0.717) is 5.95 Å². The zero-order chi connectivity index (χ0) is 37.5. The SMILES string of the molecule is c1ccc(-c2cc3c(-c4ccccc4)nc(-n4c5ccc(-c6cccc7c6c6ccccc6n7-c6ccccc6)cc5c5ccc6ccccc6c54)nc3s2)cc1. The molecule has 0 aliphatic rings. The molecule has 0 bridgehead atoms. The second-order valence-corrected chi connectivity index (χ2v) is 15.6. The van der Waals surface area contributed by atoms with Crippen molar-refractivity contribution in [2.45, 2.75) is 0 Å². The summed E-state index contributed by atoms with van der Waals surface area (Å²) in [6, 6.07) is 69.6. The number of nitrogens with zero attached hydrogens (tertiary/aromatic N) is 4. The Balaban J connectivity index is 1.15. The molecule has 57 heavy (non-hydrogen) atoms. The maximum atomic E-state index is 5.47. The Morgan fingerprint density at radius 3 is 1.91 bits per heavy atom. The van der Waals surface area contributed by atoms with Crippen LogP contribution >= 0.6 is 11.3 Å². The van der Waals surface area contributed by atoms with E-state index in [4.69, 9.17) is 9.97 Å². The quantitative estimate of drug-likeness (QED) is 0.176. The van der Waals surface area contributed by atoms with Crippen LogP contribution in [-0.2, 0) is 0 Å². The summed E-state index contributed by atoms with van der Waals surface area (Å²) < 4.78 is 4.68. The first-order valence-corrected chi connectivity index (χ1v) is 20.1. The lowest BCUT2D eigenvalue weighted by molar-refractivity contribution is 1.02. The maximum Gasteiger partial charge on any atom is 0.236 e. The van der Waals surface area contributed by atoms with Gasteiger partial charge in [0.15, 0.2) is 0 Å². The summed E-state index contributed by atoms with van der Waals surface area (Å²) in [5, 5.41) is 8.23. The minimum Gasteiger partial charge on any atom is -0.309 e. The molecule has 12 rings (SSSR count). The van der Waals surface area contributed by atoms with E-state index in [9.17, 15) is 0 Å². The van der Waals surface area contributed by atoms with Crippen LogP contribution in [0.15, 0.2) is 194 Å². The van der Waals surface area contributed by atoms with Crippen LogP contribution in [0.25, 0.3) is 109 Å². The third kappa shape index (κ3) is 4.93. The molecule has 0 unspecified atom stereocenters. The monoisotopic (exact) mass is 744 g/mol. The standard InChI is InChI=1S/C52H32N4S/c1-4-16-34(17-5-1)47-32-43-49(35-18-6-2-7-19-35)53-52(54-51(43)57-47)56-45-30-28-36(31-42(45)40-29-27-33-15-10-11-22-39(33)50(40)56)38-24-14-26-46-48(38)41-23-12-13-25-44(41)55(46)37-20-8-3-9-21-37/h1-32H. The molecule has 0 saturated carbocycles. The summed E-state index contributed by atoms with van der Waals surface area (Å²) in [6.07, 6.45) is 0. The van der Waals surface area contributed by atoms with E-state index < -0.39 is 0 Å². The average Bonchev–Trinajstić information content (AvgIpc) is 3.97. The third-order valence-electron chi connectivity index (χ3n) is 11.4. The smallest absolute Gasteiger partial charge is 0.236 e. The Morgan fingerprint density at radius 1 is 0.404 bits per heavy atom. The van der Waals surface area contributed by atoms with Gasteiger partial charge in [0.05, 0.1) is 27.8 Å². The lowest BCUT2D eigenvalue weighted by Crippen LogP contribution is -2.03. The molecule has 8 aromatic carbocycles. The lowest BCUT2D eigenvalue weighted by Gasteiger charge is -2.11. The van der Waals surface area contributed by atoms with Gasteiger partial charge in [-0.15, -0.1) is 11.3 Å². The molecule has 0 N–H and O–H groups in total. The van der Waals surface area contributed by atoms with Crippen LogP contribution in [0.2, 0.25) is 0 Å². The van der Waals surface area contributed by atoms with Gasteiger partial charge in [0.1, 0.15) is 4.83 Å². The van der Waals surface area contributed by atoms with E-state index in [1.54, 1.807) is 11.3 Å². The van der Waals surface area contributed by atoms with Crippen molar-refractivity contribution in [1.82, 2.24) is 19.1 Å². The summed E-state index contributed by atoms with van der Waals surface area (Å²) in [7, 11) is 0. The van der Waals surface area contributed by atoms with Crippen molar-refractivity contribution >= 4 is 75.9 Å². The normalized spacial score (nSPS) is 11.9. The van der Waals surface area contributed by atoms with Gasteiger partial charge in [-0.05, 0) is 64.5 Å². The molecule has 0 amide bonds. The summed E-state index contributed by atoms with van der Waals surface area (Å²) >= 11 is 1.72. The Bertz CT molecular complexity index is 3510. The Morgan fingerprint density at radius 2 is 1.09 bits per heavy atom. The maximum absolute atomic E-state index is 5.47. The van der Waals surface area contributed by atoms with Crippen LogP contribution in [0.4, 0.5) is 0 Å². The van der Waals surface area contributed by atoms with Crippen molar-refractivity contribution in [3.05, 3.63) is 194 Å². The molecular weight excluding hydrogens is 713 g/mol. The first-order chi connectivity index (χ1) is 28.3. The van der Waals surface area contributed by atoms with Gasteiger partial charge in [-0.1, -0.05) is 152 Å². The summed E-state index contributed by atoms with van der Waals surface area (Å²) in [5.41, 5.74) is 11.3. The van der Waals surface area contributed by atoms with Gasteiger partial charge < -0.3 is 4.57 Å². The number of hydrogen-bond acceptors (Lipinski definition) is 3. The van der Waals surface area contributed by atoms with Crippen molar-refractivity contribution in [2.24, 2.45) is 0 Å². The van der Waals surface area contributed by atoms with Crippen molar-refractivity contribution in [2.75, 3.05) is 0 Å². The second kappa shape index (κ2) is 12.6. The average molecular weight is 745 g/mol. The molecule has 4 heterocycles. The van der Waals surface area contributed by atoms with Crippen LogP contribution in [-0.4, -0.2) is 19.1 Å². The van der Waals surface area contributed by atoms with Crippen molar-refractivity contribution in [1.29, 1.82) is 0 Å². The van der Waals surface area contributed by atoms with Gasteiger partial charge in [-0.25, -0.2) is 9.97 Å². The van der Waals surface area contributed by atoms with E-state index in [1.807, 2.05) is 0 Å². The van der Waals surface area contributed by atoms with Crippen molar-refractivity contribution in [3.8, 4) is 44.5 Å². The van der Waals surface area contributed by atoms with Crippen LogP contribution < -0.4 is 0 Å². The van der Waals surface area contributed by atoms with Gasteiger partial charge in [0, 0.05) is 48.4 Å². The van der Waals surface area contributed by atoms with Gasteiger partial charge >= 0.3 is 0 Å². The largest absolute Gasteiger partial charge is 0.309 e. The number of rotatable bonds is 5. The molecule has 4 aromatic heterocycles. The molecule has 0 fully saturated rings.